The predicted octanol–water partition coefficient (Wildman–Crippen LogP) is 1.86. The second-order valence-electron chi connectivity index (χ2n) is 3.65. The molecule has 0 atom stereocenters. The van der Waals surface area contributed by atoms with E-state index in [1.165, 1.54) is 0 Å². The van der Waals surface area contributed by atoms with E-state index in [1.54, 1.807) is 0 Å². The number of anilines is 2. The van der Waals surface area contributed by atoms with Crippen LogP contribution >= 0.6 is 0 Å². The summed E-state index contributed by atoms with van der Waals surface area (Å²) in [5.41, 5.74) is 7.56. The highest BCUT2D eigenvalue weighted by atomic mass is 16.5. The van der Waals surface area contributed by atoms with Crippen molar-refractivity contribution in [3.63, 3.8) is 0 Å². The standard InChI is InChI=1S/C11H16N2O/c12-9-1-3-10(4-2-9)13-11-5-7-14-8-6-11/h1-4,11,13H,5-8,12H2. The fourth-order valence-electron chi connectivity index (χ4n) is 1.66. The maximum absolute atomic E-state index is 5.61. The summed E-state index contributed by atoms with van der Waals surface area (Å²) in [4.78, 5) is 0. The molecule has 1 aromatic carbocycles. The minimum absolute atomic E-state index is 0.548. The molecule has 1 heterocycles. The first-order valence-electron chi connectivity index (χ1n) is 5.04. The summed E-state index contributed by atoms with van der Waals surface area (Å²) in [6.45, 7) is 1.74. The number of benzene rings is 1. The molecular weight excluding hydrogens is 176 g/mol. The number of hydrogen-bond acceptors (Lipinski definition) is 3. The number of nitrogens with two attached hydrogens (primary N) is 1. The summed E-state index contributed by atoms with van der Waals surface area (Å²) in [7, 11) is 0. The van der Waals surface area contributed by atoms with Gasteiger partial charge in [-0.3, -0.25) is 0 Å². The molecule has 0 unspecified atom stereocenters. The summed E-state index contributed by atoms with van der Waals surface area (Å²) < 4.78 is 5.30. The van der Waals surface area contributed by atoms with Crippen molar-refractivity contribution >= 4 is 11.4 Å². The van der Waals surface area contributed by atoms with Crippen molar-refractivity contribution in [3.05, 3.63) is 24.3 Å². The van der Waals surface area contributed by atoms with Crippen LogP contribution in [0.25, 0.3) is 0 Å². The largest absolute Gasteiger partial charge is 0.399 e. The van der Waals surface area contributed by atoms with Crippen LogP contribution in [0.15, 0.2) is 24.3 Å². The Balaban J connectivity index is 1.92. The number of ether oxygens (including phenoxy) is 1. The van der Waals surface area contributed by atoms with Gasteiger partial charge in [0.2, 0.25) is 0 Å². The number of nitrogens with one attached hydrogen (secondary N) is 1. The third kappa shape index (κ3) is 2.39. The molecule has 1 aromatic rings. The molecule has 1 aliphatic rings. The van der Waals surface area contributed by atoms with Crippen LogP contribution < -0.4 is 11.1 Å². The van der Waals surface area contributed by atoms with Gasteiger partial charge in [0.15, 0.2) is 0 Å². The lowest BCUT2D eigenvalue weighted by Gasteiger charge is -2.24. The molecule has 0 saturated carbocycles. The van der Waals surface area contributed by atoms with Crippen molar-refractivity contribution in [2.45, 2.75) is 18.9 Å². The molecule has 1 saturated heterocycles. The second-order valence-corrected chi connectivity index (χ2v) is 3.65. The lowest BCUT2D eigenvalue weighted by Crippen LogP contribution is -2.27. The van der Waals surface area contributed by atoms with Crippen molar-refractivity contribution < 1.29 is 4.74 Å². The Morgan fingerprint density at radius 3 is 2.43 bits per heavy atom. The zero-order chi connectivity index (χ0) is 9.80. The van der Waals surface area contributed by atoms with E-state index in [-0.39, 0.29) is 0 Å². The van der Waals surface area contributed by atoms with Gasteiger partial charge in [-0.05, 0) is 37.1 Å². The van der Waals surface area contributed by atoms with Gasteiger partial charge < -0.3 is 15.8 Å². The molecule has 14 heavy (non-hydrogen) atoms. The van der Waals surface area contributed by atoms with E-state index in [9.17, 15) is 0 Å². The van der Waals surface area contributed by atoms with Crippen molar-refractivity contribution in [1.29, 1.82) is 0 Å². The summed E-state index contributed by atoms with van der Waals surface area (Å²) in [6, 6.07) is 8.42. The van der Waals surface area contributed by atoms with Crippen LogP contribution in [0.1, 0.15) is 12.8 Å². The van der Waals surface area contributed by atoms with Crippen molar-refractivity contribution in [1.82, 2.24) is 0 Å². The molecule has 3 heteroatoms. The van der Waals surface area contributed by atoms with Gasteiger partial charge in [-0.2, -0.15) is 0 Å². The van der Waals surface area contributed by atoms with Crippen LogP contribution in [-0.4, -0.2) is 19.3 Å². The Morgan fingerprint density at radius 2 is 1.79 bits per heavy atom. The van der Waals surface area contributed by atoms with Gasteiger partial charge in [-0.25, -0.2) is 0 Å². The van der Waals surface area contributed by atoms with Gasteiger partial charge in [0.25, 0.3) is 0 Å². The minimum Gasteiger partial charge on any atom is -0.399 e. The molecule has 0 bridgehead atoms. The number of nitrogen functional groups attached to an aromatic ring is 1. The van der Waals surface area contributed by atoms with Gasteiger partial charge in [-0.15, -0.1) is 0 Å². The molecule has 0 aromatic heterocycles. The Kier molecular flexibility index (Phi) is 2.89. The molecule has 3 N–H and O–H groups in total. The van der Waals surface area contributed by atoms with E-state index in [4.69, 9.17) is 10.5 Å². The Bertz CT molecular complexity index is 278. The molecule has 76 valence electrons. The van der Waals surface area contributed by atoms with E-state index in [1.807, 2.05) is 24.3 Å². The molecular formula is C11H16N2O. The van der Waals surface area contributed by atoms with E-state index < -0.39 is 0 Å². The average molecular weight is 192 g/mol. The Labute approximate surface area is 84.3 Å². The molecule has 1 aliphatic heterocycles. The smallest absolute Gasteiger partial charge is 0.0485 e. The number of hydrogen-bond donors (Lipinski definition) is 2. The first kappa shape index (κ1) is 9.34. The fraction of sp³-hybridized carbons (Fsp3) is 0.455. The van der Waals surface area contributed by atoms with Gasteiger partial charge in [0, 0.05) is 30.6 Å². The third-order valence-corrected chi connectivity index (χ3v) is 2.50. The molecule has 3 nitrogen and oxygen atoms in total. The van der Waals surface area contributed by atoms with Gasteiger partial charge in [0.05, 0.1) is 0 Å². The van der Waals surface area contributed by atoms with Crippen LogP contribution in [0.4, 0.5) is 11.4 Å². The van der Waals surface area contributed by atoms with Crippen LogP contribution in [0.2, 0.25) is 0 Å². The van der Waals surface area contributed by atoms with Gasteiger partial charge >= 0.3 is 0 Å². The zero-order valence-corrected chi connectivity index (χ0v) is 8.20. The van der Waals surface area contributed by atoms with Crippen LogP contribution in [0, 0.1) is 0 Å². The summed E-state index contributed by atoms with van der Waals surface area (Å²) >= 11 is 0. The summed E-state index contributed by atoms with van der Waals surface area (Å²) in [5.74, 6) is 0. The Hall–Kier alpha value is -1.22. The lowest BCUT2D eigenvalue weighted by atomic mass is 10.1. The molecule has 0 radical (unpaired) electrons. The number of rotatable bonds is 2. The second kappa shape index (κ2) is 4.33. The minimum atomic E-state index is 0.548. The highest BCUT2D eigenvalue weighted by Crippen LogP contribution is 2.16. The fourth-order valence-corrected chi connectivity index (χ4v) is 1.66. The normalized spacial score (nSPS) is 18.0. The Morgan fingerprint density at radius 1 is 1.14 bits per heavy atom. The summed E-state index contributed by atoms with van der Waals surface area (Å²) in [5, 5.41) is 3.47. The van der Waals surface area contributed by atoms with Crippen LogP contribution in [0.3, 0.4) is 0 Å². The maximum atomic E-state index is 5.61. The third-order valence-electron chi connectivity index (χ3n) is 2.50. The molecule has 0 amide bonds. The highest BCUT2D eigenvalue weighted by Gasteiger charge is 2.12. The van der Waals surface area contributed by atoms with E-state index in [0.29, 0.717) is 6.04 Å². The van der Waals surface area contributed by atoms with E-state index in [2.05, 4.69) is 5.32 Å². The van der Waals surface area contributed by atoms with Crippen LogP contribution in [0.5, 0.6) is 0 Å². The monoisotopic (exact) mass is 192 g/mol. The predicted molar refractivity (Wildman–Crippen MR) is 58.3 cm³/mol. The van der Waals surface area contributed by atoms with E-state index >= 15 is 0 Å². The van der Waals surface area contributed by atoms with Crippen molar-refractivity contribution in [3.8, 4) is 0 Å². The molecule has 0 spiro atoms. The quantitative estimate of drug-likeness (QED) is 0.703. The maximum Gasteiger partial charge on any atom is 0.0485 e. The van der Waals surface area contributed by atoms with Crippen LogP contribution in [-0.2, 0) is 4.74 Å². The van der Waals surface area contributed by atoms with Gasteiger partial charge in [0.1, 0.15) is 0 Å². The van der Waals surface area contributed by atoms with Crippen molar-refractivity contribution in [2.24, 2.45) is 0 Å². The first-order chi connectivity index (χ1) is 6.84. The topological polar surface area (TPSA) is 47.3 Å². The SMILES string of the molecule is Nc1ccc(NC2CCOCC2)cc1. The molecule has 0 aliphatic carbocycles. The van der Waals surface area contributed by atoms with Crippen molar-refractivity contribution in [2.75, 3.05) is 24.3 Å². The molecule has 1 fully saturated rings. The summed E-state index contributed by atoms with van der Waals surface area (Å²) in [6.07, 6.45) is 2.18. The molecule has 2 rings (SSSR count). The van der Waals surface area contributed by atoms with E-state index in [0.717, 1.165) is 37.4 Å². The highest BCUT2D eigenvalue weighted by molar-refractivity contribution is 5.51. The average Bonchev–Trinajstić information content (AvgIpc) is 2.23. The lowest BCUT2D eigenvalue weighted by molar-refractivity contribution is 0.0904. The zero-order valence-electron chi connectivity index (χ0n) is 8.20. The first-order valence-corrected chi connectivity index (χ1v) is 5.04. The van der Waals surface area contributed by atoms with Gasteiger partial charge in [-0.1, -0.05) is 0 Å².